The van der Waals surface area contributed by atoms with Crippen LogP contribution >= 0.6 is 11.8 Å². The van der Waals surface area contributed by atoms with Crippen molar-refractivity contribution in [2.45, 2.75) is 50.2 Å². The Morgan fingerprint density at radius 2 is 2.12 bits per heavy atom. The van der Waals surface area contributed by atoms with Crippen LogP contribution in [0.5, 0.6) is 0 Å². The van der Waals surface area contributed by atoms with E-state index in [9.17, 15) is 4.79 Å². The van der Waals surface area contributed by atoms with Crippen LogP contribution in [0, 0.1) is 0 Å². The minimum atomic E-state index is 0.192. The fraction of sp³-hybridized carbons (Fsp3) is 0.429. The van der Waals surface area contributed by atoms with Crippen LogP contribution in [0.15, 0.2) is 53.5 Å². The zero-order valence-electron chi connectivity index (χ0n) is 15.2. The lowest BCUT2D eigenvalue weighted by Crippen LogP contribution is -2.31. The van der Waals surface area contributed by atoms with E-state index in [0.717, 1.165) is 30.2 Å². The van der Waals surface area contributed by atoms with Gasteiger partial charge in [0.15, 0.2) is 5.16 Å². The molecular weight excluding hydrogens is 342 g/mol. The van der Waals surface area contributed by atoms with E-state index in [0.29, 0.717) is 11.8 Å². The second-order valence-corrected chi connectivity index (χ2v) is 7.85. The monoisotopic (exact) mass is 367 g/mol. The van der Waals surface area contributed by atoms with Gasteiger partial charge in [0, 0.05) is 18.3 Å². The summed E-state index contributed by atoms with van der Waals surface area (Å²) in [6.07, 6.45) is 9.86. The van der Waals surface area contributed by atoms with Gasteiger partial charge in [0.25, 0.3) is 0 Å². The predicted octanol–water partition coefficient (Wildman–Crippen LogP) is 4.89. The predicted molar refractivity (Wildman–Crippen MR) is 106 cm³/mol. The molecule has 2 aliphatic rings. The quantitative estimate of drug-likeness (QED) is 0.654. The molecule has 0 radical (unpaired) electrons. The Labute approximate surface area is 159 Å². The van der Waals surface area contributed by atoms with Crippen LogP contribution in [0.2, 0.25) is 0 Å². The van der Waals surface area contributed by atoms with Gasteiger partial charge in [-0.15, -0.1) is 0 Å². The maximum atomic E-state index is 12.7. The maximum absolute atomic E-state index is 12.7. The molecule has 1 heterocycles. The number of rotatable bonds is 7. The molecule has 4 nitrogen and oxygen atoms in total. The molecule has 1 aromatic carbocycles. The molecule has 5 heteroatoms. The third-order valence-corrected chi connectivity index (χ3v) is 6.00. The van der Waals surface area contributed by atoms with E-state index in [2.05, 4.69) is 46.8 Å². The topological polar surface area (TPSA) is 38.1 Å². The minimum Gasteiger partial charge on any atom is -0.316 e. The van der Waals surface area contributed by atoms with Crippen LogP contribution in [0.1, 0.15) is 45.1 Å². The zero-order chi connectivity index (χ0) is 17.9. The van der Waals surface area contributed by atoms with Crippen molar-refractivity contribution in [3.05, 3.63) is 48.3 Å². The molecule has 0 saturated heterocycles. The van der Waals surface area contributed by atoms with E-state index in [4.69, 9.17) is 0 Å². The van der Waals surface area contributed by atoms with Gasteiger partial charge in [-0.05, 0) is 44.6 Å². The Bertz CT molecular complexity index is 808. The zero-order valence-corrected chi connectivity index (χ0v) is 16.0. The summed E-state index contributed by atoms with van der Waals surface area (Å²) >= 11 is 1.57. The number of carbonyl (C=O) groups is 1. The molecule has 4 rings (SSSR count). The lowest BCUT2D eigenvalue weighted by Gasteiger charge is -2.22. The van der Waals surface area contributed by atoms with Crippen LogP contribution in [-0.4, -0.2) is 32.7 Å². The van der Waals surface area contributed by atoms with Crippen molar-refractivity contribution in [2.75, 3.05) is 12.3 Å². The lowest BCUT2D eigenvalue weighted by atomic mass is 10.2. The fourth-order valence-corrected chi connectivity index (χ4v) is 4.52. The number of carbonyl (C=O) groups excluding carboxylic acids is 1. The Morgan fingerprint density at radius 3 is 2.77 bits per heavy atom. The van der Waals surface area contributed by atoms with Crippen LogP contribution < -0.4 is 0 Å². The first-order valence-corrected chi connectivity index (χ1v) is 10.5. The van der Waals surface area contributed by atoms with E-state index < -0.39 is 0 Å². The summed E-state index contributed by atoms with van der Waals surface area (Å²) in [4.78, 5) is 19.3. The average Bonchev–Trinajstić information content (AvgIpc) is 3.19. The molecule has 0 unspecified atom stereocenters. The number of amides is 1. The molecule has 0 spiro atoms. The summed E-state index contributed by atoms with van der Waals surface area (Å²) in [7, 11) is 0. The third-order valence-electron chi connectivity index (χ3n) is 5.05. The highest BCUT2D eigenvalue weighted by Gasteiger charge is 2.29. The SMILES string of the molecule is CCN(C(=O)CSc1ncc(-c2ccccc2)n1C1CC1)C1=CCCC1. The van der Waals surface area contributed by atoms with Crippen molar-refractivity contribution in [1.29, 1.82) is 0 Å². The van der Waals surface area contributed by atoms with Gasteiger partial charge in [-0.25, -0.2) is 4.98 Å². The van der Waals surface area contributed by atoms with E-state index in [-0.39, 0.29) is 5.91 Å². The Hall–Kier alpha value is -2.01. The number of hydrogen-bond donors (Lipinski definition) is 0. The Balaban J connectivity index is 1.50. The average molecular weight is 368 g/mol. The normalized spacial score (nSPS) is 16.6. The first-order chi connectivity index (χ1) is 12.8. The molecule has 0 atom stereocenters. The van der Waals surface area contributed by atoms with E-state index in [1.165, 1.54) is 30.5 Å². The van der Waals surface area contributed by atoms with Crippen LogP contribution in [0.4, 0.5) is 0 Å². The number of thioether (sulfide) groups is 1. The van der Waals surface area contributed by atoms with Crippen molar-refractivity contribution >= 4 is 17.7 Å². The number of allylic oxidation sites excluding steroid dienone is 2. The summed E-state index contributed by atoms with van der Waals surface area (Å²) < 4.78 is 2.33. The second-order valence-electron chi connectivity index (χ2n) is 6.91. The largest absolute Gasteiger partial charge is 0.316 e. The van der Waals surface area contributed by atoms with Gasteiger partial charge in [0.05, 0.1) is 17.6 Å². The summed E-state index contributed by atoms with van der Waals surface area (Å²) in [6, 6.07) is 10.9. The van der Waals surface area contributed by atoms with Gasteiger partial charge in [0.1, 0.15) is 0 Å². The minimum absolute atomic E-state index is 0.192. The summed E-state index contributed by atoms with van der Waals surface area (Å²) in [5, 5.41) is 0.969. The standard InChI is InChI=1S/C21H25N3OS/c1-2-23(17-10-6-7-11-17)20(25)15-26-21-22-14-19(24(21)18-12-13-18)16-8-4-3-5-9-16/h3-5,8-10,14,18H,2,6-7,11-13,15H2,1H3. The molecule has 1 aromatic heterocycles. The van der Waals surface area contributed by atoms with Crippen LogP contribution in [-0.2, 0) is 4.79 Å². The van der Waals surface area contributed by atoms with Crippen LogP contribution in [0.3, 0.4) is 0 Å². The Kier molecular flexibility index (Phi) is 5.16. The van der Waals surface area contributed by atoms with Crippen molar-refractivity contribution in [2.24, 2.45) is 0 Å². The van der Waals surface area contributed by atoms with Gasteiger partial charge in [-0.3, -0.25) is 4.79 Å². The van der Waals surface area contributed by atoms with Crippen molar-refractivity contribution in [3.8, 4) is 11.3 Å². The van der Waals surface area contributed by atoms with Crippen molar-refractivity contribution in [3.63, 3.8) is 0 Å². The number of imidazole rings is 1. The maximum Gasteiger partial charge on any atom is 0.237 e. The van der Waals surface area contributed by atoms with Crippen molar-refractivity contribution < 1.29 is 4.79 Å². The van der Waals surface area contributed by atoms with Crippen LogP contribution in [0.25, 0.3) is 11.3 Å². The van der Waals surface area contributed by atoms with Crippen molar-refractivity contribution in [1.82, 2.24) is 14.5 Å². The van der Waals surface area contributed by atoms with Gasteiger partial charge >= 0.3 is 0 Å². The Morgan fingerprint density at radius 1 is 1.31 bits per heavy atom. The van der Waals surface area contributed by atoms with E-state index >= 15 is 0 Å². The summed E-state index contributed by atoms with van der Waals surface area (Å²) in [5.74, 6) is 0.639. The molecule has 2 aromatic rings. The van der Waals surface area contributed by atoms with Gasteiger partial charge in [-0.1, -0.05) is 48.2 Å². The molecule has 1 amide bonds. The highest BCUT2D eigenvalue weighted by molar-refractivity contribution is 7.99. The third kappa shape index (κ3) is 3.58. The first-order valence-electron chi connectivity index (χ1n) is 9.52. The highest BCUT2D eigenvalue weighted by Crippen LogP contribution is 2.42. The fourth-order valence-electron chi connectivity index (χ4n) is 3.60. The molecule has 0 N–H and O–H groups in total. The molecule has 26 heavy (non-hydrogen) atoms. The number of aromatic nitrogens is 2. The molecule has 1 saturated carbocycles. The smallest absolute Gasteiger partial charge is 0.237 e. The first kappa shape index (κ1) is 17.4. The number of benzene rings is 1. The summed E-state index contributed by atoms with van der Waals surface area (Å²) in [5.41, 5.74) is 3.55. The van der Waals surface area contributed by atoms with Gasteiger partial charge in [0.2, 0.25) is 5.91 Å². The van der Waals surface area contributed by atoms with Gasteiger partial charge < -0.3 is 9.47 Å². The number of hydrogen-bond acceptors (Lipinski definition) is 3. The van der Waals surface area contributed by atoms with E-state index in [1.807, 2.05) is 17.2 Å². The molecular formula is C21H25N3OS. The number of nitrogens with zero attached hydrogens (tertiary/aromatic N) is 3. The molecule has 0 bridgehead atoms. The van der Waals surface area contributed by atoms with Gasteiger partial charge in [-0.2, -0.15) is 0 Å². The summed E-state index contributed by atoms with van der Waals surface area (Å²) in [6.45, 7) is 2.80. The molecule has 0 aliphatic heterocycles. The molecule has 1 fully saturated rings. The molecule has 2 aliphatic carbocycles. The van der Waals surface area contributed by atoms with E-state index in [1.54, 1.807) is 11.8 Å². The second kappa shape index (κ2) is 7.70. The molecule has 136 valence electrons. The highest BCUT2D eigenvalue weighted by atomic mass is 32.2. The lowest BCUT2D eigenvalue weighted by molar-refractivity contribution is -0.126.